The van der Waals surface area contributed by atoms with E-state index in [0.29, 0.717) is 6.04 Å². The molecule has 0 aromatic carbocycles. The van der Waals surface area contributed by atoms with Gasteiger partial charge in [-0.15, -0.1) is 0 Å². The zero-order valence-electron chi connectivity index (χ0n) is 11.5. The van der Waals surface area contributed by atoms with Crippen LogP contribution in [-0.2, 0) is 0 Å². The van der Waals surface area contributed by atoms with Crippen molar-refractivity contribution in [1.29, 1.82) is 0 Å². The number of fused-ring (bicyclic) bond motifs is 1. The summed E-state index contributed by atoms with van der Waals surface area (Å²) in [6.45, 7) is 4.81. The molecule has 1 aromatic heterocycles. The van der Waals surface area contributed by atoms with Gasteiger partial charge in [0.05, 0.1) is 6.67 Å². The predicted octanol–water partition coefficient (Wildman–Crippen LogP) is 2.68. The lowest BCUT2D eigenvalue weighted by Crippen LogP contribution is -2.16. The van der Waals surface area contributed by atoms with E-state index in [1.807, 2.05) is 20.9 Å². The molecular formula is C13H23N5. The number of hydrogen-bond donors (Lipinski definition) is 2. The van der Waals surface area contributed by atoms with Crippen molar-refractivity contribution in [3.05, 3.63) is 6.33 Å². The van der Waals surface area contributed by atoms with Crippen molar-refractivity contribution in [2.45, 2.75) is 45.6 Å². The summed E-state index contributed by atoms with van der Waals surface area (Å²) >= 11 is 0. The molecule has 0 radical (unpaired) electrons. The molecule has 1 aliphatic carbocycles. The van der Waals surface area contributed by atoms with Gasteiger partial charge in [-0.3, -0.25) is 0 Å². The Morgan fingerprint density at radius 2 is 2.00 bits per heavy atom. The molecule has 2 N–H and O–H groups in total. The van der Waals surface area contributed by atoms with Gasteiger partial charge in [0.25, 0.3) is 0 Å². The van der Waals surface area contributed by atoms with Crippen LogP contribution >= 0.6 is 0 Å². The maximum absolute atomic E-state index is 4.34. The molecule has 5 heteroatoms. The van der Waals surface area contributed by atoms with Gasteiger partial charge in [-0.2, -0.15) is 0 Å². The summed E-state index contributed by atoms with van der Waals surface area (Å²) < 4.78 is 0. The van der Waals surface area contributed by atoms with Gasteiger partial charge in [-0.25, -0.2) is 9.97 Å². The molecule has 1 aliphatic heterocycles. The van der Waals surface area contributed by atoms with E-state index in [-0.39, 0.29) is 0 Å². The number of rotatable bonds is 2. The molecule has 0 amide bonds. The highest BCUT2D eigenvalue weighted by atomic mass is 15.3. The fourth-order valence-corrected chi connectivity index (χ4v) is 2.47. The third-order valence-corrected chi connectivity index (χ3v) is 3.38. The Hall–Kier alpha value is -1.52. The van der Waals surface area contributed by atoms with Crippen molar-refractivity contribution >= 4 is 17.3 Å². The standard InChI is InChI=1S/C11H17N5.C2H6/c1-16-7-14-9-10(12-6-13-11(9)16)15-8-4-2-3-5-8;1-2/h6,8,14H,2-5,7H2,1H3,(H,12,13,15);1-2H3. The summed E-state index contributed by atoms with van der Waals surface area (Å²) in [5, 5.41) is 6.85. The first kappa shape index (κ1) is 12.9. The smallest absolute Gasteiger partial charge is 0.158 e. The molecular weight excluding hydrogens is 226 g/mol. The Kier molecular flexibility index (Phi) is 4.23. The Morgan fingerprint density at radius 1 is 1.28 bits per heavy atom. The number of anilines is 3. The summed E-state index contributed by atoms with van der Waals surface area (Å²) in [5.74, 6) is 1.96. The van der Waals surface area contributed by atoms with Crippen molar-refractivity contribution in [2.24, 2.45) is 0 Å². The summed E-state index contributed by atoms with van der Waals surface area (Å²) in [6, 6.07) is 0.590. The number of nitrogens with zero attached hydrogens (tertiary/aromatic N) is 3. The Balaban J connectivity index is 0.000000574. The van der Waals surface area contributed by atoms with Crippen LogP contribution in [0.5, 0.6) is 0 Å². The van der Waals surface area contributed by atoms with E-state index in [2.05, 4.69) is 25.5 Å². The van der Waals surface area contributed by atoms with Crippen molar-refractivity contribution in [3.8, 4) is 0 Å². The summed E-state index contributed by atoms with van der Waals surface area (Å²) in [4.78, 5) is 10.7. The summed E-state index contributed by atoms with van der Waals surface area (Å²) in [7, 11) is 2.03. The quantitative estimate of drug-likeness (QED) is 0.844. The van der Waals surface area contributed by atoms with Gasteiger partial charge >= 0.3 is 0 Å². The molecule has 0 unspecified atom stereocenters. The fraction of sp³-hybridized carbons (Fsp3) is 0.692. The van der Waals surface area contributed by atoms with Crippen LogP contribution in [0.25, 0.3) is 0 Å². The van der Waals surface area contributed by atoms with Gasteiger partial charge < -0.3 is 15.5 Å². The normalized spacial score (nSPS) is 17.8. The lowest BCUT2D eigenvalue weighted by molar-refractivity contribution is 0.750. The Morgan fingerprint density at radius 3 is 2.72 bits per heavy atom. The molecule has 5 nitrogen and oxygen atoms in total. The van der Waals surface area contributed by atoms with E-state index in [4.69, 9.17) is 0 Å². The Bertz CT molecular complexity index is 387. The van der Waals surface area contributed by atoms with Crippen LogP contribution in [0.15, 0.2) is 6.33 Å². The second-order valence-corrected chi connectivity index (χ2v) is 4.58. The van der Waals surface area contributed by atoms with Crippen molar-refractivity contribution in [3.63, 3.8) is 0 Å². The maximum atomic E-state index is 4.34. The first-order chi connectivity index (χ1) is 8.84. The van der Waals surface area contributed by atoms with Crippen LogP contribution in [0, 0.1) is 0 Å². The second-order valence-electron chi connectivity index (χ2n) is 4.58. The van der Waals surface area contributed by atoms with Crippen LogP contribution in [0.1, 0.15) is 39.5 Å². The molecule has 0 bridgehead atoms. The maximum Gasteiger partial charge on any atom is 0.158 e. The van der Waals surface area contributed by atoms with Crippen LogP contribution in [0.4, 0.5) is 17.3 Å². The molecule has 1 aromatic rings. The minimum atomic E-state index is 0.590. The lowest BCUT2D eigenvalue weighted by Gasteiger charge is -2.15. The first-order valence-electron chi connectivity index (χ1n) is 6.91. The van der Waals surface area contributed by atoms with E-state index < -0.39 is 0 Å². The average Bonchev–Trinajstić information content (AvgIpc) is 3.04. The van der Waals surface area contributed by atoms with Crippen LogP contribution < -0.4 is 15.5 Å². The average molecular weight is 249 g/mol. The Labute approximate surface area is 109 Å². The first-order valence-corrected chi connectivity index (χ1v) is 6.91. The largest absolute Gasteiger partial charge is 0.365 e. The highest BCUT2D eigenvalue weighted by Gasteiger charge is 2.23. The van der Waals surface area contributed by atoms with Crippen molar-refractivity contribution in [2.75, 3.05) is 29.2 Å². The van der Waals surface area contributed by atoms with Crippen LogP contribution in [0.3, 0.4) is 0 Å². The highest BCUT2D eigenvalue weighted by Crippen LogP contribution is 2.34. The number of nitrogens with one attached hydrogen (secondary N) is 2. The van der Waals surface area contributed by atoms with Gasteiger partial charge in [-0.1, -0.05) is 26.7 Å². The molecule has 2 heterocycles. The van der Waals surface area contributed by atoms with Gasteiger partial charge in [0.15, 0.2) is 11.6 Å². The minimum Gasteiger partial charge on any atom is -0.365 e. The highest BCUT2D eigenvalue weighted by molar-refractivity contribution is 5.81. The van der Waals surface area contributed by atoms with Gasteiger partial charge in [0, 0.05) is 13.1 Å². The summed E-state index contributed by atoms with van der Waals surface area (Å²) in [5.41, 5.74) is 1.05. The van der Waals surface area contributed by atoms with E-state index in [1.54, 1.807) is 6.33 Å². The number of aromatic nitrogens is 2. The van der Waals surface area contributed by atoms with Crippen molar-refractivity contribution in [1.82, 2.24) is 9.97 Å². The molecule has 0 atom stereocenters. The van der Waals surface area contributed by atoms with Crippen molar-refractivity contribution < 1.29 is 0 Å². The minimum absolute atomic E-state index is 0.590. The third kappa shape index (κ3) is 2.49. The topological polar surface area (TPSA) is 53.1 Å². The van der Waals surface area contributed by atoms with Crippen LogP contribution in [0.2, 0.25) is 0 Å². The molecule has 100 valence electrons. The predicted molar refractivity (Wildman–Crippen MR) is 76.2 cm³/mol. The van der Waals surface area contributed by atoms with Gasteiger partial charge in [-0.05, 0) is 12.8 Å². The van der Waals surface area contributed by atoms with E-state index >= 15 is 0 Å². The molecule has 18 heavy (non-hydrogen) atoms. The number of hydrogen-bond acceptors (Lipinski definition) is 5. The molecule has 0 saturated heterocycles. The molecule has 1 saturated carbocycles. The zero-order chi connectivity index (χ0) is 13.0. The lowest BCUT2D eigenvalue weighted by atomic mass is 10.2. The molecule has 1 fully saturated rings. The van der Waals surface area contributed by atoms with Crippen LogP contribution in [-0.4, -0.2) is 29.7 Å². The van der Waals surface area contributed by atoms with Gasteiger partial charge in [0.1, 0.15) is 12.0 Å². The van der Waals surface area contributed by atoms with Gasteiger partial charge in [0.2, 0.25) is 0 Å². The van der Waals surface area contributed by atoms with E-state index in [1.165, 1.54) is 25.7 Å². The SMILES string of the molecule is CC.CN1CNc2c(NC3CCCC3)ncnc21. The van der Waals surface area contributed by atoms with E-state index in [9.17, 15) is 0 Å². The van der Waals surface area contributed by atoms with E-state index in [0.717, 1.165) is 24.0 Å². The molecule has 2 aliphatic rings. The zero-order valence-corrected chi connectivity index (χ0v) is 11.5. The fourth-order valence-electron chi connectivity index (χ4n) is 2.47. The second kappa shape index (κ2) is 5.89. The monoisotopic (exact) mass is 249 g/mol. The summed E-state index contributed by atoms with van der Waals surface area (Å²) in [6.07, 6.45) is 6.82. The molecule has 0 spiro atoms. The molecule has 3 rings (SSSR count). The third-order valence-electron chi connectivity index (χ3n) is 3.38.